The van der Waals surface area contributed by atoms with Gasteiger partial charge in [-0.15, -0.1) is 0 Å². The Morgan fingerprint density at radius 1 is 1.42 bits per heavy atom. The molecule has 1 amide bonds. The molecule has 0 aliphatic rings. The van der Waals surface area contributed by atoms with Crippen LogP contribution < -0.4 is 11.1 Å². The lowest BCUT2D eigenvalue weighted by Crippen LogP contribution is -2.48. The zero-order valence-corrected chi connectivity index (χ0v) is 11.5. The van der Waals surface area contributed by atoms with Crippen molar-refractivity contribution in [3.05, 3.63) is 29.3 Å². The standard InChI is InChI=1S/C14H20N2O3/c1-4-7-14(3,15)13(19)16-10-6-5-9(2)11(8-10)12(17)18/h5-6,8H,4,7,15H2,1-3H3,(H,16,19)(H,17,18). The number of hydrogen-bond donors (Lipinski definition) is 3. The molecule has 5 nitrogen and oxygen atoms in total. The monoisotopic (exact) mass is 264 g/mol. The first-order valence-electron chi connectivity index (χ1n) is 6.22. The van der Waals surface area contributed by atoms with Gasteiger partial charge in [-0.05, 0) is 38.0 Å². The molecule has 0 aliphatic heterocycles. The molecule has 0 saturated heterocycles. The summed E-state index contributed by atoms with van der Waals surface area (Å²) in [6.07, 6.45) is 1.37. The molecule has 19 heavy (non-hydrogen) atoms. The van der Waals surface area contributed by atoms with E-state index in [0.29, 0.717) is 17.7 Å². The van der Waals surface area contributed by atoms with E-state index in [9.17, 15) is 9.59 Å². The average molecular weight is 264 g/mol. The number of nitrogens with one attached hydrogen (secondary N) is 1. The van der Waals surface area contributed by atoms with Crippen molar-refractivity contribution in [2.75, 3.05) is 5.32 Å². The molecule has 1 aromatic carbocycles. The summed E-state index contributed by atoms with van der Waals surface area (Å²) in [6, 6.07) is 4.77. The number of aryl methyl sites for hydroxylation is 1. The molecule has 5 heteroatoms. The van der Waals surface area contributed by atoms with Crippen molar-refractivity contribution in [3.8, 4) is 0 Å². The summed E-state index contributed by atoms with van der Waals surface area (Å²) in [7, 11) is 0. The fourth-order valence-electron chi connectivity index (χ4n) is 1.84. The van der Waals surface area contributed by atoms with Crippen LogP contribution >= 0.6 is 0 Å². The van der Waals surface area contributed by atoms with E-state index >= 15 is 0 Å². The number of aromatic carboxylic acids is 1. The topological polar surface area (TPSA) is 92.4 Å². The highest BCUT2D eigenvalue weighted by molar-refractivity contribution is 5.99. The van der Waals surface area contributed by atoms with Crippen molar-refractivity contribution in [3.63, 3.8) is 0 Å². The van der Waals surface area contributed by atoms with Crippen LogP contribution in [0.5, 0.6) is 0 Å². The Morgan fingerprint density at radius 3 is 2.58 bits per heavy atom. The van der Waals surface area contributed by atoms with E-state index in [4.69, 9.17) is 10.8 Å². The molecular weight excluding hydrogens is 244 g/mol. The highest BCUT2D eigenvalue weighted by Crippen LogP contribution is 2.18. The molecule has 4 N–H and O–H groups in total. The minimum absolute atomic E-state index is 0.173. The van der Waals surface area contributed by atoms with Crippen molar-refractivity contribution >= 4 is 17.6 Å². The van der Waals surface area contributed by atoms with Crippen LogP contribution in [0.1, 0.15) is 42.6 Å². The SMILES string of the molecule is CCCC(C)(N)C(=O)Nc1ccc(C)c(C(=O)O)c1. The number of rotatable bonds is 5. The van der Waals surface area contributed by atoms with Crippen LogP contribution in [-0.4, -0.2) is 22.5 Å². The van der Waals surface area contributed by atoms with Crippen molar-refractivity contribution in [1.82, 2.24) is 0 Å². The summed E-state index contributed by atoms with van der Waals surface area (Å²) in [5.41, 5.74) is 6.23. The summed E-state index contributed by atoms with van der Waals surface area (Å²) in [6.45, 7) is 5.32. The molecule has 0 spiro atoms. The summed E-state index contributed by atoms with van der Waals surface area (Å²) < 4.78 is 0. The number of carboxylic acids is 1. The molecule has 0 radical (unpaired) electrons. The van der Waals surface area contributed by atoms with Crippen molar-refractivity contribution < 1.29 is 14.7 Å². The lowest BCUT2D eigenvalue weighted by molar-refractivity contribution is -0.120. The van der Waals surface area contributed by atoms with Gasteiger partial charge in [0, 0.05) is 5.69 Å². The Bertz CT molecular complexity index is 495. The molecule has 0 aromatic heterocycles. The summed E-state index contributed by atoms with van der Waals surface area (Å²) in [5, 5.41) is 11.7. The molecule has 0 heterocycles. The van der Waals surface area contributed by atoms with Gasteiger partial charge in [0.15, 0.2) is 0 Å². The van der Waals surface area contributed by atoms with Gasteiger partial charge in [0.25, 0.3) is 0 Å². The zero-order valence-electron chi connectivity index (χ0n) is 11.5. The average Bonchev–Trinajstić information content (AvgIpc) is 2.31. The Balaban J connectivity index is 2.92. The maximum absolute atomic E-state index is 12.0. The fourth-order valence-corrected chi connectivity index (χ4v) is 1.84. The maximum atomic E-state index is 12.0. The summed E-state index contributed by atoms with van der Waals surface area (Å²) >= 11 is 0. The van der Waals surface area contributed by atoms with E-state index in [1.165, 1.54) is 6.07 Å². The van der Waals surface area contributed by atoms with Gasteiger partial charge in [0.2, 0.25) is 5.91 Å². The Morgan fingerprint density at radius 2 is 2.05 bits per heavy atom. The molecule has 0 aliphatic carbocycles. The maximum Gasteiger partial charge on any atom is 0.336 e. The number of amides is 1. The molecular formula is C14H20N2O3. The van der Waals surface area contributed by atoms with Crippen LogP contribution in [0.25, 0.3) is 0 Å². The van der Waals surface area contributed by atoms with Gasteiger partial charge in [0.1, 0.15) is 0 Å². The Kier molecular flexibility index (Phi) is 4.67. The van der Waals surface area contributed by atoms with Crippen molar-refractivity contribution in [1.29, 1.82) is 0 Å². The van der Waals surface area contributed by atoms with Crippen LogP contribution in [0, 0.1) is 6.92 Å². The van der Waals surface area contributed by atoms with Gasteiger partial charge in [-0.2, -0.15) is 0 Å². The second-order valence-corrected chi connectivity index (χ2v) is 4.96. The third-order valence-corrected chi connectivity index (χ3v) is 3.01. The van der Waals surface area contributed by atoms with E-state index in [-0.39, 0.29) is 11.5 Å². The number of carbonyl (C=O) groups excluding carboxylic acids is 1. The fraction of sp³-hybridized carbons (Fsp3) is 0.429. The van der Waals surface area contributed by atoms with Crippen molar-refractivity contribution in [2.24, 2.45) is 5.73 Å². The van der Waals surface area contributed by atoms with Gasteiger partial charge in [-0.3, -0.25) is 4.79 Å². The largest absolute Gasteiger partial charge is 0.478 e. The first kappa shape index (κ1) is 15.2. The number of carbonyl (C=O) groups is 2. The van der Waals surface area contributed by atoms with Crippen molar-refractivity contribution in [2.45, 2.75) is 39.2 Å². The van der Waals surface area contributed by atoms with Gasteiger partial charge in [-0.25, -0.2) is 4.79 Å². The van der Waals surface area contributed by atoms with Gasteiger partial charge in [0.05, 0.1) is 11.1 Å². The Labute approximate surface area is 112 Å². The molecule has 0 fully saturated rings. The minimum atomic E-state index is -1.02. The first-order valence-corrected chi connectivity index (χ1v) is 6.22. The van der Waals surface area contributed by atoms with E-state index < -0.39 is 11.5 Å². The van der Waals surface area contributed by atoms with Crippen LogP contribution in [-0.2, 0) is 4.79 Å². The van der Waals surface area contributed by atoms with Crippen LogP contribution in [0.2, 0.25) is 0 Å². The molecule has 1 aromatic rings. The van der Waals surface area contributed by atoms with Crippen LogP contribution in [0.3, 0.4) is 0 Å². The highest BCUT2D eigenvalue weighted by atomic mass is 16.4. The summed E-state index contributed by atoms with van der Waals surface area (Å²) in [5.74, 6) is -1.33. The summed E-state index contributed by atoms with van der Waals surface area (Å²) in [4.78, 5) is 23.0. The van der Waals surface area contributed by atoms with E-state index in [1.54, 1.807) is 26.0 Å². The molecule has 1 atom stereocenters. The lowest BCUT2D eigenvalue weighted by atomic mass is 9.96. The van der Waals surface area contributed by atoms with Gasteiger partial charge >= 0.3 is 5.97 Å². The van der Waals surface area contributed by atoms with E-state index in [1.807, 2.05) is 6.92 Å². The predicted molar refractivity (Wildman–Crippen MR) is 74.3 cm³/mol. The number of nitrogens with two attached hydrogens (primary N) is 1. The smallest absolute Gasteiger partial charge is 0.336 e. The van der Waals surface area contributed by atoms with E-state index in [2.05, 4.69) is 5.32 Å². The van der Waals surface area contributed by atoms with E-state index in [0.717, 1.165) is 6.42 Å². The zero-order chi connectivity index (χ0) is 14.6. The Hall–Kier alpha value is -1.88. The first-order chi connectivity index (χ1) is 8.77. The van der Waals surface area contributed by atoms with Crippen LogP contribution in [0.15, 0.2) is 18.2 Å². The second kappa shape index (κ2) is 5.84. The number of anilines is 1. The minimum Gasteiger partial charge on any atom is -0.478 e. The van der Waals surface area contributed by atoms with Gasteiger partial charge < -0.3 is 16.2 Å². The molecule has 1 unspecified atom stereocenters. The third-order valence-electron chi connectivity index (χ3n) is 3.01. The predicted octanol–water partition coefficient (Wildman–Crippen LogP) is 2.15. The number of carboxylic acid groups (broad SMARTS) is 1. The number of hydrogen-bond acceptors (Lipinski definition) is 3. The lowest BCUT2D eigenvalue weighted by Gasteiger charge is -2.23. The third kappa shape index (κ3) is 3.79. The quantitative estimate of drug-likeness (QED) is 0.759. The normalized spacial score (nSPS) is 13.7. The highest BCUT2D eigenvalue weighted by Gasteiger charge is 2.27. The molecule has 0 saturated carbocycles. The molecule has 104 valence electrons. The second-order valence-electron chi connectivity index (χ2n) is 4.96. The molecule has 1 rings (SSSR count). The molecule has 0 bridgehead atoms. The van der Waals surface area contributed by atoms with Gasteiger partial charge in [-0.1, -0.05) is 19.4 Å². The number of benzene rings is 1. The van der Waals surface area contributed by atoms with Crippen LogP contribution in [0.4, 0.5) is 5.69 Å².